The van der Waals surface area contributed by atoms with E-state index in [9.17, 15) is 14.7 Å². The number of aliphatic hydroxyl groups is 1. The summed E-state index contributed by atoms with van der Waals surface area (Å²) in [6, 6.07) is 0. The summed E-state index contributed by atoms with van der Waals surface area (Å²) in [5, 5.41) is 9.91. The summed E-state index contributed by atoms with van der Waals surface area (Å²) >= 11 is 0. The second-order valence-electron chi connectivity index (χ2n) is 6.45. The summed E-state index contributed by atoms with van der Waals surface area (Å²) < 4.78 is 10.1. The maximum absolute atomic E-state index is 12.0. The van der Waals surface area contributed by atoms with Crippen molar-refractivity contribution in [3.05, 3.63) is 0 Å². The third-order valence-corrected chi connectivity index (χ3v) is 4.09. The molecule has 0 spiro atoms. The molecule has 0 unspecified atom stereocenters. The summed E-state index contributed by atoms with van der Waals surface area (Å²) in [5.41, 5.74) is 0. The van der Waals surface area contributed by atoms with Gasteiger partial charge in [0.25, 0.3) is 0 Å². The largest absolute Gasteiger partial charge is 0.469 e. The van der Waals surface area contributed by atoms with Crippen molar-refractivity contribution in [3.8, 4) is 0 Å². The van der Waals surface area contributed by atoms with E-state index in [4.69, 9.17) is 4.74 Å². The van der Waals surface area contributed by atoms with E-state index in [2.05, 4.69) is 18.6 Å². The van der Waals surface area contributed by atoms with Gasteiger partial charge in [0.05, 0.1) is 26.1 Å². The van der Waals surface area contributed by atoms with Gasteiger partial charge in [-0.1, -0.05) is 58.8 Å². The number of unbranched alkanes of at least 4 members (excludes halogenated alkanes) is 6. The van der Waals surface area contributed by atoms with Crippen LogP contribution in [0.5, 0.6) is 0 Å². The lowest BCUT2D eigenvalue weighted by molar-refractivity contribution is -0.156. The summed E-state index contributed by atoms with van der Waals surface area (Å²) in [4.78, 5) is 23.4. The van der Waals surface area contributed by atoms with Gasteiger partial charge in [-0.2, -0.15) is 0 Å². The fourth-order valence-corrected chi connectivity index (χ4v) is 2.61. The average Bonchev–Trinajstić information content (AvgIpc) is 2.55. The Morgan fingerprint density at radius 2 is 1.42 bits per heavy atom. The fourth-order valence-electron chi connectivity index (χ4n) is 2.61. The van der Waals surface area contributed by atoms with Gasteiger partial charge in [-0.25, -0.2) is 0 Å². The van der Waals surface area contributed by atoms with E-state index in [1.165, 1.54) is 7.11 Å². The quantitative estimate of drug-likeness (QED) is 0.357. The summed E-state index contributed by atoms with van der Waals surface area (Å²) in [7, 11) is 1.33. The van der Waals surface area contributed by atoms with Gasteiger partial charge in [0, 0.05) is 0 Å². The van der Waals surface area contributed by atoms with Crippen molar-refractivity contribution in [2.75, 3.05) is 7.11 Å². The zero-order chi connectivity index (χ0) is 18.2. The highest BCUT2D eigenvalue weighted by atomic mass is 16.6. The molecule has 0 aliphatic carbocycles. The van der Waals surface area contributed by atoms with Crippen LogP contribution in [0, 0.1) is 0 Å². The Morgan fingerprint density at radius 1 is 0.833 bits per heavy atom. The smallest absolute Gasteiger partial charge is 0.309 e. The Bertz CT molecular complexity index is 330. The molecule has 0 heterocycles. The number of rotatable bonds is 15. The monoisotopic (exact) mass is 344 g/mol. The van der Waals surface area contributed by atoms with E-state index < -0.39 is 18.2 Å². The number of carbonyl (C=O) groups excluding carboxylic acids is 2. The standard InChI is InChI=1S/C19H36O5/c1-4-6-8-10-12-16(20)14-19(22)24-17(15-18(21)23-3)13-11-9-7-5-2/h16-17,20H,4-15H2,1-3H3/t16-,17+/m0/s1. The molecule has 0 aromatic rings. The molecule has 5 heteroatoms. The van der Waals surface area contributed by atoms with E-state index in [0.717, 1.165) is 51.4 Å². The lowest BCUT2D eigenvalue weighted by Gasteiger charge is -2.18. The predicted octanol–water partition coefficient (Wildman–Crippen LogP) is 4.15. The van der Waals surface area contributed by atoms with Crippen LogP contribution in [0.3, 0.4) is 0 Å². The Labute approximate surface area is 147 Å². The van der Waals surface area contributed by atoms with Gasteiger partial charge < -0.3 is 14.6 Å². The van der Waals surface area contributed by atoms with Crippen LogP contribution in [0.2, 0.25) is 0 Å². The Morgan fingerprint density at radius 3 is 1.96 bits per heavy atom. The van der Waals surface area contributed by atoms with Gasteiger partial charge in [0.2, 0.25) is 0 Å². The first-order valence-electron chi connectivity index (χ1n) is 9.47. The van der Waals surface area contributed by atoms with Gasteiger partial charge in [0.1, 0.15) is 6.10 Å². The molecule has 0 radical (unpaired) electrons. The Balaban J connectivity index is 4.17. The van der Waals surface area contributed by atoms with E-state index in [1.54, 1.807) is 0 Å². The van der Waals surface area contributed by atoms with E-state index in [0.29, 0.717) is 12.8 Å². The molecule has 0 rings (SSSR count). The fraction of sp³-hybridized carbons (Fsp3) is 0.895. The van der Waals surface area contributed by atoms with Gasteiger partial charge in [0.15, 0.2) is 0 Å². The average molecular weight is 344 g/mol. The number of methoxy groups -OCH3 is 1. The first-order valence-corrected chi connectivity index (χ1v) is 9.47. The minimum atomic E-state index is -0.659. The number of ether oxygens (including phenoxy) is 2. The molecule has 0 saturated carbocycles. The minimum Gasteiger partial charge on any atom is -0.469 e. The second-order valence-corrected chi connectivity index (χ2v) is 6.45. The number of hydrogen-bond acceptors (Lipinski definition) is 5. The first-order chi connectivity index (χ1) is 11.5. The lowest BCUT2D eigenvalue weighted by atomic mass is 10.1. The van der Waals surface area contributed by atoms with Gasteiger partial charge in [-0.15, -0.1) is 0 Å². The van der Waals surface area contributed by atoms with Gasteiger partial charge in [-0.3, -0.25) is 9.59 Å². The highest BCUT2D eigenvalue weighted by Gasteiger charge is 2.20. The summed E-state index contributed by atoms with van der Waals surface area (Å²) in [6.07, 6.45) is 8.79. The predicted molar refractivity (Wildman–Crippen MR) is 94.7 cm³/mol. The first kappa shape index (κ1) is 22.9. The molecule has 0 saturated heterocycles. The topological polar surface area (TPSA) is 72.8 Å². The van der Waals surface area contributed by atoms with E-state index in [-0.39, 0.29) is 18.8 Å². The van der Waals surface area contributed by atoms with Crippen LogP contribution in [-0.4, -0.2) is 36.4 Å². The normalized spacial score (nSPS) is 13.3. The van der Waals surface area contributed by atoms with Crippen LogP contribution in [0.25, 0.3) is 0 Å². The zero-order valence-electron chi connectivity index (χ0n) is 15.7. The van der Waals surface area contributed by atoms with Crippen molar-refractivity contribution in [1.82, 2.24) is 0 Å². The maximum atomic E-state index is 12.0. The highest BCUT2D eigenvalue weighted by molar-refractivity contribution is 5.72. The summed E-state index contributed by atoms with van der Waals surface area (Å²) in [5.74, 6) is -0.800. The summed E-state index contributed by atoms with van der Waals surface area (Å²) in [6.45, 7) is 4.27. The van der Waals surface area contributed by atoms with Crippen molar-refractivity contribution in [2.24, 2.45) is 0 Å². The molecule has 24 heavy (non-hydrogen) atoms. The third kappa shape index (κ3) is 13.3. The minimum absolute atomic E-state index is 0.00123. The Hall–Kier alpha value is -1.10. The van der Waals surface area contributed by atoms with Crippen LogP contribution in [0.15, 0.2) is 0 Å². The molecule has 5 nitrogen and oxygen atoms in total. The molecule has 142 valence electrons. The van der Waals surface area contributed by atoms with Crippen molar-refractivity contribution < 1.29 is 24.2 Å². The van der Waals surface area contributed by atoms with Gasteiger partial charge >= 0.3 is 11.9 Å². The molecule has 0 aliphatic heterocycles. The van der Waals surface area contributed by atoms with Crippen molar-refractivity contribution in [1.29, 1.82) is 0 Å². The number of carbonyl (C=O) groups is 2. The molecule has 0 aliphatic rings. The van der Waals surface area contributed by atoms with Crippen molar-refractivity contribution >= 4 is 11.9 Å². The maximum Gasteiger partial charge on any atom is 0.309 e. The van der Waals surface area contributed by atoms with Crippen LogP contribution >= 0.6 is 0 Å². The van der Waals surface area contributed by atoms with Crippen LogP contribution in [-0.2, 0) is 19.1 Å². The number of hydrogen-bond donors (Lipinski definition) is 1. The molecule has 1 N–H and O–H groups in total. The molecule has 0 aromatic heterocycles. The molecular formula is C19H36O5. The zero-order valence-corrected chi connectivity index (χ0v) is 15.7. The van der Waals surface area contributed by atoms with Crippen LogP contribution in [0.1, 0.15) is 90.9 Å². The molecule has 2 atom stereocenters. The number of esters is 2. The molecule has 0 aromatic carbocycles. The molecule has 0 amide bonds. The van der Waals surface area contributed by atoms with E-state index in [1.807, 2.05) is 0 Å². The van der Waals surface area contributed by atoms with Crippen molar-refractivity contribution in [2.45, 2.75) is 103 Å². The second kappa shape index (κ2) is 15.4. The molecular weight excluding hydrogens is 308 g/mol. The SMILES string of the molecule is CCCCCC[C@H](O)CC(=O)O[C@H](CCCCCC)CC(=O)OC. The van der Waals surface area contributed by atoms with Crippen LogP contribution in [0.4, 0.5) is 0 Å². The molecule has 0 fully saturated rings. The number of aliphatic hydroxyl groups excluding tert-OH is 1. The highest BCUT2D eigenvalue weighted by Crippen LogP contribution is 2.15. The van der Waals surface area contributed by atoms with Gasteiger partial charge in [-0.05, 0) is 19.3 Å². The Kier molecular flexibility index (Phi) is 14.7. The lowest BCUT2D eigenvalue weighted by Crippen LogP contribution is -2.25. The third-order valence-electron chi connectivity index (χ3n) is 4.09. The van der Waals surface area contributed by atoms with Crippen LogP contribution < -0.4 is 0 Å². The van der Waals surface area contributed by atoms with E-state index >= 15 is 0 Å². The van der Waals surface area contributed by atoms with Crippen molar-refractivity contribution in [3.63, 3.8) is 0 Å². The molecule has 0 bridgehead atoms.